The van der Waals surface area contributed by atoms with Crippen LogP contribution in [0.25, 0.3) is 27.8 Å². The van der Waals surface area contributed by atoms with Crippen LogP contribution in [-0.2, 0) is 33.1 Å². The molecule has 0 amide bonds. The maximum Gasteiger partial charge on any atom is 0.197 e. The van der Waals surface area contributed by atoms with Gasteiger partial charge in [0.1, 0.15) is 5.75 Å². The average Bonchev–Trinajstić information content (AvgIpc) is 3.89. The van der Waals surface area contributed by atoms with E-state index in [1.54, 1.807) is 25.6 Å². The summed E-state index contributed by atoms with van der Waals surface area (Å²) in [5.41, 5.74) is 7.90. The van der Waals surface area contributed by atoms with Crippen molar-refractivity contribution in [2.45, 2.75) is 42.6 Å². The largest absolute Gasteiger partial charge is 0.496 e. The molecule has 0 bridgehead atoms. The van der Waals surface area contributed by atoms with Gasteiger partial charge in [0.05, 0.1) is 79.4 Å². The third-order valence-corrected chi connectivity index (χ3v) is 10.4. The van der Waals surface area contributed by atoms with Crippen molar-refractivity contribution in [3.63, 3.8) is 0 Å². The Morgan fingerprint density at radius 3 is 2.16 bits per heavy atom. The van der Waals surface area contributed by atoms with Crippen LogP contribution in [0.15, 0.2) is 108 Å². The number of para-hydroxylation sites is 2. The van der Waals surface area contributed by atoms with Gasteiger partial charge in [-0.15, -0.1) is 0 Å². The van der Waals surface area contributed by atoms with E-state index in [2.05, 4.69) is 48.7 Å². The summed E-state index contributed by atoms with van der Waals surface area (Å²) in [6.45, 7) is 7.20. The van der Waals surface area contributed by atoms with Crippen LogP contribution in [0.2, 0.25) is 0 Å². The molecule has 11 nitrogen and oxygen atoms in total. The number of rotatable bonds is 11. The van der Waals surface area contributed by atoms with Crippen molar-refractivity contribution in [3.8, 4) is 11.4 Å². The Hall–Kier alpha value is -5.14. The van der Waals surface area contributed by atoms with Gasteiger partial charge in [0.15, 0.2) is 10.3 Å². The third-order valence-electron chi connectivity index (χ3n) is 8.08. The first kappa shape index (κ1) is 34.7. The highest BCUT2D eigenvalue weighted by molar-refractivity contribution is 7.84. The lowest BCUT2D eigenvalue weighted by Crippen LogP contribution is -2.24. The average molecular weight is 709 g/mol. The lowest BCUT2D eigenvalue weighted by molar-refractivity contribution is 0.410. The van der Waals surface area contributed by atoms with E-state index in [1.807, 2.05) is 97.7 Å². The predicted octanol–water partition coefficient (Wildman–Crippen LogP) is 6.73. The number of aromatic nitrogens is 7. The van der Waals surface area contributed by atoms with E-state index >= 15 is 0 Å². The first-order valence-corrected chi connectivity index (χ1v) is 18.8. The maximum absolute atomic E-state index is 12.8. The molecule has 0 aliphatic carbocycles. The van der Waals surface area contributed by atoms with E-state index in [1.165, 1.54) is 0 Å². The van der Waals surface area contributed by atoms with E-state index in [9.17, 15) is 8.42 Å². The molecule has 0 aliphatic rings. The standard InChI is InChI=1S/C19H18N4O2S.C18H22N4OS/c1-13-17(20-8-7-18(13)25-2)12-26(24)19-21-15-6-5-14(11-16(15)22-19)23-9-3-4-10-23;1-13(2)11-22(3)17-9-6-10-19-16(17)12-24(23)18-20-14-7-4-5-8-15(14)21-18/h3-11H,12H2,1-2H3,(H,21,22);4-10,13H,11-12H2,1-3H3,(H,20,21). The zero-order valence-electron chi connectivity index (χ0n) is 28.7. The van der Waals surface area contributed by atoms with Gasteiger partial charge in [-0.05, 0) is 73.5 Å². The van der Waals surface area contributed by atoms with E-state index in [0.29, 0.717) is 22.0 Å². The van der Waals surface area contributed by atoms with Gasteiger partial charge in [-0.25, -0.2) is 9.97 Å². The number of methoxy groups -OCH3 is 1. The number of imidazole rings is 2. The molecule has 2 unspecified atom stereocenters. The topological polar surface area (TPSA) is 135 Å². The predicted molar refractivity (Wildman–Crippen MR) is 200 cm³/mol. The van der Waals surface area contributed by atoms with Gasteiger partial charge in [-0.3, -0.25) is 18.4 Å². The second-order valence-electron chi connectivity index (χ2n) is 12.2. The number of benzene rings is 2. The molecule has 0 radical (unpaired) electrons. The molecule has 2 aromatic carbocycles. The molecule has 0 saturated carbocycles. The van der Waals surface area contributed by atoms with Gasteiger partial charge in [-0.2, -0.15) is 0 Å². The number of ether oxygens (including phenoxy) is 1. The van der Waals surface area contributed by atoms with Crippen LogP contribution in [0.3, 0.4) is 0 Å². The summed E-state index contributed by atoms with van der Waals surface area (Å²) in [5.74, 6) is 1.92. The third kappa shape index (κ3) is 8.01. The molecule has 7 aromatic rings. The summed E-state index contributed by atoms with van der Waals surface area (Å²) in [4.78, 5) is 26.2. The molecule has 7 rings (SSSR count). The maximum atomic E-state index is 12.8. The number of anilines is 1. The Labute approximate surface area is 296 Å². The van der Waals surface area contributed by atoms with Gasteiger partial charge >= 0.3 is 0 Å². The summed E-state index contributed by atoms with van der Waals surface area (Å²) in [5, 5.41) is 0.952. The Morgan fingerprint density at radius 2 is 1.46 bits per heavy atom. The fourth-order valence-electron chi connectivity index (χ4n) is 5.63. The van der Waals surface area contributed by atoms with Gasteiger partial charge in [-0.1, -0.05) is 26.0 Å². The van der Waals surface area contributed by atoms with Crippen LogP contribution >= 0.6 is 0 Å². The number of pyridine rings is 2. The summed E-state index contributed by atoms with van der Waals surface area (Å²) in [7, 11) is 1.08. The van der Waals surface area contributed by atoms with Crippen LogP contribution < -0.4 is 9.64 Å². The summed E-state index contributed by atoms with van der Waals surface area (Å²) >= 11 is 0. The van der Waals surface area contributed by atoms with E-state index in [0.717, 1.165) is 62.7 Å². The van der Waals surface area contributed by atoms with Crippen molar-refractivity contribution in [2.24, 2.45) is 5.92 Å². The zero-order chi connectivity index (χ0) is 35.2. The van der Waals surface area contributed by atoms with Crippen LogP contribution in [0.1, 0.15) is 30.8 Å². The molecule has 50 heavy (non-hydrogen) atoms. The van der Waals surface area contributed by atoms with Gasteiger partial charge in [0.25, 0.3) is 0 Å². The molecule has 0 spiro atoms. The van der Waals surface area contributed by atoms with Crippen molar-refractivity contribution in [1.29, 1.82) is 0 Å². The number of hydrogen-bond acceptors (Lipinski definition) is 8. The number of H-pyrrole nitrogens is 2. The molecular weight excluding hydrogens is 669 g/mol. The normalized spacial score (nSPS) is 12.5. The summed E-state index contributed by atoms with van der Waals surface area (Å²) < 4.78 is 32.8. The van der Waals surface area contributed by atoms with Gasteiger partial charge in [0.2, 0.25) is 0 Å². The molecule has 2 atom stereocenters. The lowest BCUT2D eigenvalue weighted by atomic mass is 10.2. The highest BCUT2D eigenvalue weighted by Gasteiger charge is 2.17. The van der Waals surface area contributed by atoms with Crippen molar-refractivity contribution in [3.05, 3.63) is 115 Å². The van der Waals surface area contributed by atoms with E-state index in [4.69, 9.17) is 4.74 Å². The van der Waals surface area contributed by atoms with Crippen molar-refractivity contribution in [2.75, 3.05) is 25.6 Å². The van der Waals surface area contributed by atoms with Crippen LogP contribution in [0.4, 0.5) is 5.69 Å². The first-order chi connectivity index (χ1) is 24.2. The SMILES string of the molecule is CC(C)CN(C)c1cccnc1CS(=O)c1nc2ccccc2[nH]1.COc1ccnc(CS(=O)c2nc3ccc(-n4cccc4)cc3[nH]2)c1C. The van der Waals surface area contributed by atoms with Gasteiger partial charge < -0.3 is 24.2 Å². The van der Waals surface area contributed by atoms with E-state index < -0.39 is 21.6 Å². The molecule has 0 saturated heterocycles. The zero-order valence-corrected chi connectivity index (χ0v) is 30.3. The summed E-state index contributed by atoms with van der Waals surface area (Å²) in [6.07, 6.45) is 7.37. The number of aromatic amines is 2. The molecule has 13 heteroatoms. The van der Waals surface area contributed by atoms with Crippen molar-refractivity contribution >= 4 is 49.4 Å². The lowest BCUT2D eigenvalue weighted by Gasteiger charge is -2.23. The van der Waals surface area contributed by atoms with Gasteiger partial charge in [0, 0.05) is 49.6 Å². The number of nitrogens with one attached hydrogen (secondary N) is 2. The molecule has 0 fully saturated rings. The minimum Gasteiger partial charge on any atom is -0.496 e. The summed E-state index contributed by atoms with van der Waals surface area (Å²) in [6, 6.07) is 23.3. The molecule has 5 aromatic heterocycles. The fourth-order valence-corrected chi connectivity index (χ4v) is 7.76. The Morgan fingerprint density at radius 1 is 0.800 bits per heavy atom. The monoisotopic (exact) mass is 708 g/mol. The smallest absolute Gasteiger partial charge is 0.197 e. The molecular formula is C37H40N8O3S2. The Kier molecular flexibility index (Phi) is 10.8. The van der Waals surface area contributed by atoms with Crippen LogP contribution in [0.5, 0.6) is 5.75 Å². The minimum atomic E-state index is -1.32. The Balaban J connectivity index is 0.000000174. The highest BCUT2D eigenvalue weighted by atomic mass is 32.2. The first-order valence-electron chi connectivity index (χ1n) is 16.2. The van der Waals surface area contributed by atoms with Crippen LogP contribution in [-0.4, -0.2) is 63.6 Å². The quantitative estimate of drug-likeness (QED) is 0.151. The van der Waals surface area contributed by atoms with Crippen molar-refractivity contribution in [1.82, 2.24) is 34.5 Å². The highest BCUT2D eigenvalue weighted by Crippen LogP contribution is 2.24. The number of fused-ring (bicyclic) bond motifs is 2. The number of hydrogen-bond donors (Lipinski definition) is 2. The molecule has 0 aliphatic heterocycles. The minimum absolute atomic E-state index is 0.285. The van der Waals surface area contributed by atoms with E-state index in [-0.39, 0.29) is 5.75 Å². The van der Waals surface area contributed by atoms with Crippen molar-refractivity contribution < 1.29 is 13.2 Å². The number of nitrogens with zero attached hydrogens (tertiary/aromatic N) is 6. The van der Waals surface area contributed by atoms with Crippen LogP contribution in [0, 0.1) is 12.8 Å². The Bertz CT molecular complexity index is 2230. The second-order valence-corrected chi connectivity index (χ2v) is 14.9. The molecule has 5 heterocycles. The second kappa shape index (κ2) is 15.6. The molecule has 258 valence electrons. The fraction of sp³-hybridized carbons (Fsp3) is 0.243. The molecule has 2 N–H and O–H groups in total.